The van der Waals surface area contributed by atoms with Crippen LogP contribution in [0.4, 0.5) is 0 Å². The molecule has 0 saturated heterocycles. The lowest BCUT2D eigenvalue weighted by atomic mass is 10.1. The zero-order valence-corrected chi connectivity index (χ0v) is 9.90. The Morgan fingerprint density at radius 3 is 1.93 bits per heavy atom. The molecule has 6 N–H and O–H groups in total. The molecule has 0 saturated carbocycles. The number of hydrogen-bond acceptors (Lipinski definition) is 3. The van der Waals surface area contributed by atoms with Crippen LogP contribution >= 0.6 is 0 Å². The molecular weight excluding hydrogens is 186 g/mol. The molecule has 0 radical (unpaired) electrons. The van der Waals surface area contributed by atoms with Crippen LogP contribution in [0.5, 0.6) is 0 Å². The summed E-state index contributed by atoms with van der Waals surface area (Å²) in [5.41, 5.74) is 16.3. The molecule has 3 nitrogen and oxygen atoms in total. The van der Waals surface area contributed by atoms with Crippen molar-refractivity contribution in [3.8, 4) is 0 Å². The first-order valence-corrected chi connectivity index (χ1v) is 4.94. The van der Waals surface area contributed by atoms with Crippen LogP contribution in [0, 0.1) is 0 Å². The topological polar surface area (TPSA) is 78.1 Å². The van der Waals surface area contributed by atoms with Crippen LogP contribution in [-0.4, -0.2) is 21.1 Å². The molecule has 1 aromatic rings. The quantitative estimate of drug-likeness (QED) is 0.596. The molecular formula is C12H23N3. The third-order valence-corrected chi connectivity index (χ3v) is 1.69. The first-order valence-electron chi connectivity index (χ1n) is 4.94. The van der Waals surface area contributed by atoms with Crippen LogP contribution in [0.25, 0.3) is 6.08 Å². The van der Waals surface area contributed by atoms with Crippen molar-refractivity contribution >= 4 is 6.08 Å². The summed E-state index contributed by atoms with van der Waals surface area (Å²) in [6.07, 6.45) is 5.50. The fourth-order valence-corrected chi connectivity index (χ4v) is 1.20. The van der Waals surface area contributed by atoms with Gasteiger partial charge in [-0.15, -0.1) is 0 Å². The maximum atomic E-state index is 4.50. The molecule has 1 aliphatic carbocycles. The molecule has 1 aromatic carbocycles. The minimum atomic E-state index is 1.12. The standard InChI is InChI=1S/C9H8.3CH5N/c1-2-5-9-7-3-6-8(9)4-1;3*1-2/h1-6H,7H2;3*2H2,1H3. The summed E-state index contributed by atoms with van der Waals surface area (Å²) >= 11 is 0. The van der Waals surface area contributed by atoms with Crippen molar-refractivity contribution in [3.05, 3.63) is 41.5 Å². The van der Waals surface area contributed by atoms with Gasteiger partial charge in [-0.3, -0.25) is 0 Å². The average molecular weight is 209 g/mol. The van der Waals surface area contributed by atoms with E-state index in [1.165, 1.54) is 32.3 Å². The highest BCUT2D eigenvalue weighted by Gasteiger charge is 2.00. The van der Waals surface area contributed by atoms with E-state index >= 15 is 0 Å². The van der Waals surface area contributed by atoms with E-state index in [1.807, 2.05) is 0 Å². The first kappa shape index (κ1) is 16.3. The SMILES string of the molecule is C1=Cc2ccccc2C1.CN.CN.CN. The molecule has 3 heteroatoms. The van der Waals surface area contributed by atoms with Gasteiger partial charge in [-0.05, 0) is 38.7 Å². The van der Waals surface area contributed by atoms with Crippen molar-refractivity contribution in [2.75, 3.05) is 21.1 Å². The third-order valence-electron chi connectivity index (χ3n) is 1.69. The van der Waals surface area contributed by atoms with Crippen LogP contribution in [0.1, 0.15) is 11.1 Å². The Hall–Kier alpha value is -1.16. The van der Waals surface area contributed by atoms with E-state index in [0.717, 1.165) is 6.42 Å². The van der Waals surface area contributed by atoms with Crippen LogP contribution in [-0.2, 0) is 6.42 Å². The van der Waals surface area contributed by atoms with Crippen molar-refractivity contribution in [2.45, 2.75) is 6.42 Å². The van der Waals surface area contributed by atoms with Crippen molar-refractivity contribution in [2.24, 2.45) is 17.2 Å². The predicted molar refractivity (Wildman–Crippen MR) is 69.5 cm³/mol. The van der Waals surface area contributed by atoms with E-state index in [2.05, 4.69) is 53.6 Å². The lowest BCUT2D eigenvalue weighted by Gasteiger charge is -1.93. The van der Waals surface area contributed by atoms with Gasteiger partial charge in [0.05, 0.1) is 0 Å². The molecule has 0 amide bonds. The van der Waals surface area contributed by atoms with E-state index in [1.54, 1.807) is 0 Å². The molecule has 0 heterocycles. The van der Waals surface area contributed by atoms with Gasteiger partial charge in [0.1, 0.15) is 0 Å². The van der Waals surface area contributed by atoms with E-state index in [4.69, 9.17) is 0 Å². The summed E-state index contributed by atoms with van der Waals surface area (Å²) in [5, 5.41) is 0. The minimum Gasteiger partial charge on any atom is -0.333 e. The minimum absolute atomic E-state index is 1.12. The van der Waals surface area contributed by atoms with Crippen molar-refractivity contribution in [3.63, 3.8) is 0 Å². The molecule has 0 atom stereocenters. The number of hydrogen-bond donors (Lipinski definition) is 3. The van der Waals surface area contributed by atoms with Gasteiger partial charge < -0.3 is 17.2 Å². The fourth-order valence-electron chi connectivity index (χ4n) is 1.20. The molecule has 2 rings (SSSR count). The molecule has 86 valence electrons. The Labute approximate surface area is 93.0 Å². The highest BCUT2D eigenvalue weighted by atomic mass is 14.4. The normalized spacial score (nSPS) is 9.47. The maximum absolute atomic E-state index is 4.50. The molecule has 0 spiro atoms. The Morgan fingerprint density at radius 1 is 0.867 bits per heavy atom. The first-order chi connectivity index (χ1) is 7.47. The summed E-state index contributed by atoms with van der Waals surface area (Å²) < 4.78 is 0. The lowest BCUT2D eigenvalue weighted by Crippen LogP contribution is -1.76. The molecule has 15 heavy (non-hydrogen) atoms. The predicted octanol–water partition coefficient (Wildman–Crippen LogP) is 0.981. The van der Waals surface area contributed by atoms with E-state index in [-0.39, 0.29) is 0 Å². The van der Waals surface area contributed by atoms with Crippen molar-refractivity contribution in [1.82, 2.24) is 0 Å². The highest BCUT2D eigenvalue weighted by molar-refractivity contribution is 5.59. The Morgan fingerprint density at radius 2 is 1.40 bits per heavy atom. The number of benzene rings is 1. The van der Waals surface area contributed by atoms with Gasteiger partial charge in [-0.1, -0.05) is 36.4 Å². The van der Waals surface area contributed by atoms with E-state index in [0.29, 0.717) is 0 Å². The van der Waals surface area contributed by atoms with Gasteiger partial charge in [0.2, 0.25) is 0 Å². The van der Waals surface area contributed by atoms with Gasteiger partial charge in [-0.2, -0.15) is 0 Å². The molecule has 0 bridgehead atoms. The van der Waals surface area contributed by atoms with Crippen molar-refractivity contribution in [1.29, 1.82) is 0 Å². The van der Waals surface area contributed by atoms with Gasteiger partial charge >= 0.3 is 0 Å². The highest BCUT2D eigenvalue weighted by Crippen LogP contribution is 2.17. The Bertz CT molecular complexity index is 257. The van der Waals surface area contributed by atoms with E-state index in [9.17, 15) is 0 Å². The van der Waals surface area contributed by atoms with Crippen LogP contribution in [0.2, 0.25) is 0 Å². The second-order valence-electron chi connectivity index (χ2n) is 2.31. The second-order valence-corrected chi connectivity index (χ2v) is 2.31. The Balaban J connectivity index is 0. The lowest BCUT2D eigenvalue weighted by molar-refractivity contribution is 1.31. The number of rotatable bonds is 0. The fraction of sp³-hybridized carbons (Fsp3) is 0.333. The van der Waals surface area contributed by atoms with Gasteiger partial charge in [0.25, 0.3) is 0 Å². The van der Waals surface area contributed by atoms with Gasteiger partial charge in [-0.25, -0.2) is 0 Å². The summed E-state index contributed by atoms with van der Waals surface area (Å²) in [6, 6.07) is 8.49. The summed E-state index contributed by atoms with van der Waals surface area (Å²) in [5.74, 6) is 0. The van der Waals surface area contributed by atoms with Crippen LogP contribution in [0.15, 0.2) is 30.3 Å². The third kappa shape index (κ3) is 6.01. The summed E-state index contributed by atoms with van der Waals surface area (Å²) in [6.45, 7) is 0. The number of nitrogens with two attached hydrogens (primary N) is 3. The maximum Gasteiger partial charge on any atom is -0.00882 e. The Kier molecular flexibility index (Phi) is 13.9. The number of allylic oxidation sites excluding steroid dienone is 1. The summed E-state index contributed by atoms with van der Waals surface area (Å²) in [4.78, 5) is 0. The van der Waals surface area contributed by atoms with E-state index < -0.39 is 0 Å². The van der Waals surface area contributed by atoms with Crippen LogP contribution < -0.4 is 17.2 Å². The second kappa shape index (κ2) is 12.8. The van der Waals surface area contributed by atoms with Gasteiger partial charge in [0, 0.05) is 0 Å². The zero-order valence-electron chi connectivity index (χ0n) is 9.90. The average Bonchev–Trinajstić information content (AvgIpc) is 2.85. The largest absolute Gasteiger partial charge is 0.333 e. The summed E-state index contributed by atoms with van der Waals surface area (Å²) in [7, 11) is 4.50. The van der Waals surface area contributed by atoms with Crippen molar-refractivity contribution < 1.29 is 0 Å². The zero-order chi connectivity index (χ0) is 12.1. The molecule has 1 aliphatic rings. The monoisotopic (exact) mass is 209 g/mol. The molecule has 0 unspecified atom stereocenters. The van der Waals surface area contributed by atoms with Gasteiger partial charge in [0.15, 0.2) is 0 Å². The molecule has 0 aromatic heterocycles. The van der Waals surface area contributed by atoms with Crippen LogP contribution in [0.3, 0.4) is 0 Å². The molecule has 0 aliphatic heterocycles. The molecule has 0 fully saturated rings. The number of fused-ring (bicyclic) bond motifs is 1. The smallest absolute Gasteiger partial charge is 0.00882 e.